The lowest BCUT2D eigenvalue weighted by atomic mass is 9.91. The molecule has 0 saturated heterocycles. The number of nitrogens with zero attached hydrogens (tertiary/aromatic N) is 2. The van der Waals surface area contributed by atoms with Gasteiger partial charge >= 0.3 is 0 Å². The van der Waals surface area contributed by atoms with Crippen molar-refractivity contribution in [1.82, 2.24) is 9.55 Å². The van der Waals surface area contributed by atoms with Crippen LogP contribution in [0.15, 0.2) is 223 Å². The number of para-hydroxylation sites is 1. The Labute approximate surface area is 357 Å². The molecule has 0 aliphatic carbocycles. The second-order valence-electron chi connectivity index (χ2n) is 16.3. The van der Waals surface area contributed by atoms with Gasteiger partial charge in [0.1, 0.15) is 11.2 Å². The molecule has 288 valence electrons. The monoisotopic (exact) mass is 788 g/mol. The second kappa shape index (κ2) is 13.6. The molecule has 13 rings (SSSR count). The summed E-state index contributed by atoms with van der Waals surface area (Å²) in [5.41, 5.74) is 13.9. The van der Waals surface area contributed by atoms with Crippen LogP contribution in [0.4, 0.5) is 0 Å². The molecule has 0 atom stereocenters. The summed E-state index contributed by atoms with van der Waals surface area (Å²) in [6.07, 6.45) is 0. The number of rotatable bonds is 5. The molecule has 13 aromatic rings. The van der Waals surface area contributed by atoms with E-state index < -0.39 is 0 Å². The van der Waals surface area contributed by atoms with E-state index in [-0.39, 0.29) is 0 Å². The molecule has 0 N–H and O–H groups in total. The Morgan fingerprint density at radius 1 is 0.274 bits per heavy atom. The van der Waals surface area contributed by atoms with Crippen LogP contribution in [0.3, 0.4) is 0 Å². The minimum atomic E-state index is 0.904. The number of pyridine rings is 1. The molecule has 3 heteroatoms. The maximum Gasteiger partial charge on any atom is 0.135 e. The highest BCUT2D eigenvalue weighted by molar-refractivity contribution is 6.29. The molecule has 0 bridgehead atoms. The zero-order chi connectivity index (χ0) is 40.7. The van der Waals surface area contributed by atoms with Gasteiger partial charge < -0.3 is 8.98 Å². The van der Waals surface area contributed by atoms with Crippen LogP contribution in [0.1, 0.15) is 0 Å². The van der Waals surface area contributed by atoms with Crippen molar-refractivity contribution >= 4 is 76.1 Å². The summed E-state index contributed by atoms with van der Waals surface area (Å²) in [6, 6.07) is 78.9. The molecule has 0 aliphatic rings. The Morgan fingerprint density at radius 2 is 0.742 bits per heavy atom. The first-order chi connectivity index (χ1) is 30.7. The third-order valence-electron chi connectivity index (χ3n) is 12.7. The van der Waals surface area contributed by atoms with E-state index in [0.717, 1.165) is 61.2 Å². The Bertz CT molecular complexity index is 3840. The predicted octanol–water partition coefficient (Wildman–Crippen LogP) is 16.2. The number of fused-ring (bicyclic) bond motifs is 12. The standard InChI is InChI=1S/C59H36N2O/c1-4-14-37(15-5-1)40-25-28-56-51(31-40)52-35-49-48-30-41(42-26-29-59-53(32-42)47-22-12-13-23-58(47)62-59)24-27-46(48)44-20-10-11-21-45(44)50(49)36-57(52)61(56)43-33-54(38-16-6-2-7-17-38)60-55(34-43)39-18-8-3-9-19-39/h1-36H. The van der Waals surface area contributed by atoms with Gasteiger partial charge in [-0.05, 0) is 115 Å². The Hall–Kier alpha value is -8.27. The van der Waals surface area contributed by atoms with Crippen molar-refractivity contribution in [2.45, 2.75) is 0 Å². The van der Waals surface area contributed by atoms with E-state index in [9.17, 15) is 0 Å². The lowest BCUT2D eigenvalue weighted by Crippen LogP contribution is -1.98. The minimum Gasteiger partial charge on any atom is -0.456 e. The van der Waals surface area contributed by atoms with Gasteiger partial charge in [-0.25, -0.2) is 4.98 Å². The maximum atomic E-state index is 6.22. The normalized spacial score (nSPS) is 11.9. The van der Waals surface area contributed by atoms with Gasteiger partial charge in [0.15, 0.2) is 0 Å². The molecule has 3 heterocycles. The fourth-order valence-corrected chi connectivity index (χ4v) is 9.80. The van der Waals surface area contributed by atoms with E-state index in [0.29, 0.717) is 0 Å². The molecule has 3 aromatic heterocycles. The molecule has 3 nitrogen and oxygen atoms in total. The highest BCUT2D eigenvalue weighted by Crippen LogP contribution is 2.44. The minimum absolute atomic E-state index is 0.904. The van der Waals surface area contributed by atoms with Gasteiger partial charge in [-0.1, -0.05) is 158 Å². The topological polar surface area (TPSA) is 31.0 Å². The van der Waals surface area contributed by atoms with Crippen LogP contribution in [0.2, 0.25) is 0 Å². The third-order valence-corrected chi connectivity index (χ3v) is 12.7. The van der Waals surface area contributed by atoms with Gasteiger partial charge in [-0.15, -0.1) is 0 Å². The fraction of sp³-hybridized carbons (Fsp3) is 0. The van der Waals surface area contributed by atoms with Crippen molar-refractivity contribution in [1.29, 1.82) is 0 Å². The summed E-state index contributed by atoms with van der Waals surface area (Å²) >= 11 is 0. The van der Waals surface area contributed by atoms with Gasteiger partial charge in [0.25, 0.3) is 0 Å². The first kappa shape index (κ1) is 34.6. The van der Waals surface area contributed by atoms with Crippen LogP contribution < -0.4 is 0 Å². The third kappa shape index (κ3) is 5.42. The molecule has 0 amide bonds. The number of hydrogen-bond donors (Lipinski definition) is 0. The second-order valence-corrected chi connectivity index (χ2v) is 16.3. The molecule has 0 radical (unpaired) electrons. The van der Waals surface area contributed by atoms with Gasteiger partial charge in [0, 0.05) is 32.7 Å². The molecule has 0 spiro atoms. The van der Waals surface area contributed by atoms with Crippen molar-refractivity contribution in [3.63, 3.8) is 0 Å². The molecule has 0 fully saturated rings. The summed E-state index contributed by atoms with van der Waals surface area (Å²) in [5.74, 6) is 0. The first-order valence-electron chi connectivity index (χ1n) is 21.2. The predicted molar refractivity (Wildman–Crippen MR) is 260 cm³/mol. The lowest BCUT2D eigenvalue weighted by molar-refractivity contribution is 0.669. The van der Waals surface area contributed by atoms with E-state index in [1.165, 1.54) is 65.3 Å². The van der Waals surface area contributed by atoms with E-state index in [2.05, 4.69) is 211 Å². The average Bonchev–Trinajstić information content (AvgIpc) is 3.88. The maximum absolute atomic E-state index is 6.22. The zero-order valence-corrected chi connectivity index (χ0v) is 33.6. The van der Waals surface area contributed by atoms with Gasteiger partial charge in [0.05, 0.1) is 28.1 Å². The quantitative estimate of drug-likeness (QED) is 0.163. The van der Waals surface area contributed by atoms with E-state index in [1.807, 2.05) is 12.1 Å². The largest absolute Gasteiger partial charge is 0.456 e. The number of furan rings is 1. The van der Waals surface area contributed by atoms with Crippen LogP contribution in [0, 0.1) is 0 Å². The van der Waals surface area contributed by atoms with Gasteiger partial charge in [0.2, 0.25) is 0 Å². The summed E-state index contributed by atoms with van der Waals surface area (Å²) in [4.78, 5) is 5.27. The molecular formula is C59H36N2O. The van der Waals surface area contributed by atoms with Gasteiger partial charge in [-0.2, -0.15) is 0 Å². The number of aromatic nitrogens is 2. The summed E-state index contributed by atoms with van der Waals surface area (Å²) in [7, 11) is 0. The van der Waals surface area contributed by atoms with Crippen LogP contribution in [0.5, 0.6) is 0 Å². The molecule has 0 aliphatic heterocycles. The Kier molecular flexibility index (Phi) is 7.60. The van der Waals surface area contributed by atoms with Crippen LogP contribution in [0.25, 0.3) is 127 Å². The van der Waals surface area contributed by atoms with Crippen molar-refractivity contribution in [3.8, 4) is 50.5 Å². The molecule has 0 unspecified atom stereocenters. The number of benzene rings is 10. The van der Waals surface area contributed by atoms with E-state index in [4.69, 9.17) is 9.40 Å². The van der Waals surface area contributed by atoms with Crippen molar-refractivity contribution in [3.05, 3.63) is 218 Å². The van der Waals surface area contributed by atoms with Crippen LogP contribution >= 0.6 is 0 Å². The van der Waals surface area contributed by atoms with Crippen molar-refractivity contribution in [2.75, 3.05) is 0 Å². The van der Waals surface area contributed by atoms with E-state index >= 15 is 0 Å². The van der Waals surface area contributed by atoms with Gasteiger partial charge in [-0.3, -0.25) is 0 Å². The Balaban J connectivity index is 1.12. The van der Waals surface area contributed by atoms with Crippen molar-refractivity contribution < 1.29 is 4.42 Å². The fourth-order valence-electron chi connectivity index (χ4n) is 9.80. The SMILES string of the molecule is c1ccc(-c2ccc3c(c2)c2cc4c5cc(-c6ccc7oc8ccccc8c7c6)ccc5c5ccccc5c4cc2n3-c2cc(-c3ccccc3)nc(-c3ccccc3)c2)cc1. The van der Waals surface area contributed by atoms with Crippen LogP contribution in [-0.2, 0) is 0 Å². The highest BCUT2D eigenvalue weighted by atomic mass is 16.3. The molecular weight excluding hydrogens is 753 g/mol. The lowest BCUT2D eigenvalue weighted by Gasteiger charge is -2.15. The summed E-state index contributed by atoms with van der Waals surface area (Å²) in [5, 5.41) is 12.1. The summed E-state index contributed by atoms with van der Waals surface area (Å²) < 4.78 is 8.68. The zero-order valence-electron chi connectivity index (χ0n) is 33.6. The first-order valence-corrected chi connectivity index (χ1v) is 21.2. The molecule has 62 heavy (non-hydrogen) atoms. The van der Waals surface area contributed by atoms with E-state index in [1.54, 1.807) is 0 Å². The van der Waals surface area contributed by atoms with Crippen LogP contribution in [-0.4, -0.2) is 9.55 Å². The number of hydrogen-bond acceptors (Lipinski definition) is 2. The molecule has 0 saturated carbocycles. The highest BCUT2D eigenvalue weighted by Gasteiger charge is 2.20. The summed E-state index contributed by atoms with van der Waals surface area (Å²) in [6.45, 7) is 0. The average molecular weight is 789 g/mol. The smallest absolute Gasteiger partial charge is 0.135 e. The Morgan fingerprint density at radius 3 is 1.45 bits per heavy atom. The molecule has 10 aromatic carbocycles. The van der Waals surface area contributed by atoms with Crippen molar-refractivity contribution in [2.24, 2.45) is 0 Å².